The van der Waals surface area contributed by atoms with Gasteiger partial charge in [0.15, 0.2) is 0 Å². The Morgan fingerprint density at radius 1 is 1.30 bits per heavy atom. The molecule has 0 amide bonds. The number of rotatable bonds is 3. The fraction of sp³-hybridized carbons (Fsp3) is 0.706. The highest BCUT2D eigenvalue weighted by Crippen LogP contribution is 2.29. The molecule has 1 aliphatic heterocycles. The molecule has 2 heterocycles. The molecule has 3 heteroatoms. The van der Waals surface area contributed by atoms with Crippen molar-refractivity contribution in [2.45, 2.75) is 53.6 Å². The molecule has 0 saturated carbocycles. The SMILES string of the molecule is Cc1cc(C)c(CO)c(N2CCCC(C(C)C)CC2)n1. The standard InChI is InChI=1S/C17H28N2O/c1-12(2)15-6-5-8-19(9-7-15)17-16(11-20)13(3)10-14(4)18-17/h10,12,15,20H,5-9,11H2,1-4H3. The topological polar surface area (TPSA) is 36.4 Å². The van der Waals surface area contributed by atoms with Crippen LogP contribution in [0.4, 0.5) is 5.82 Å². The Kier molecular flexibility index (Phi) is 5.03. The van der Waals surface area contributed by atoms with Gasteiger partial charge in [0.1, 0.15) is 5.82 Å². The van der Waals surface area contributed by atoms with Crippen LogP contribution in [0.1, 0.15) is 49.9 Å². The van der Waals surface area contributed by atoms with E-state index >= 15 is 0 Å². The third-order valence-electron chi connectivity index (χ3n) is 4.63. The number of hydrogen-bond acceptors (Lipinski definition) is 3. The zero-order chi connectivity index (χ0) is 14.7. The quantitative estimate of drug-likeness (QED) is 0.918. The molecule has 1 atom stereocenters. The van der Waals surface area contributed by atoms with Crippen molar-refractivity contribution in [2.75, 3.05) is 18.0 Å². The summed E-state index contributed by atoms with van der Waals surface area (Å²) in [5.41, 5.74) is 3.19. The maximum Gasteiger partial charge on any atom is 0.134 e. The minimum Gasteiger partial charge on any atom is -0.392 e. The van der Waals surface area contributed by atoms with E-state index in [9.17, 15) is 5.11 Å². The predicted octanol–water partition coefficient (Wildman–Crippen LogP) is 3.45. The van der Waals surface area contributed by atoms with Crippen molar-refractivity contribution in [1.29, 1.82) is 0 Å². The molecule has 0 aliphatic carbocycles. The van der Waals surface area contributed by atoms with Crippen LogP contribution < -0.4 is 4.90 Å². The summed E-state index contributed by atoms with van der Waals surface area (Å²) in [6.45, 7) is 11.0. The fourth-order valence-corrected chi connectivity index (χ4v) is 3.30. The van der Waals surface area contributed by atoms with Crippen molar-refractivity contribution in [2.24, 2.45) is 11.8 Å². The zero-order valence-electron chi connectivity index (χ0n) is 13.3. The lowest BCUT2D eigenvalue weighted by Crippen LogP contribution is -2.27. The Labute approximate surface area is 123 Å². The summed E-state index contributed by atoms with van der Waals surface area (Å²) >= 11 is 0. The number of nitrogens with zero attached hydrogens (tertiary/aromatic N) is 2. The number of anilines is 1. The van der Waals surface area contributed by atoms with Crippen LogP contribution in [0.25, 0.3) is 0 Å². The molecule has 3 nitrogen and oxygen atoms in total. The first-order valence-electron chi connectivity index (χ1n) is 7.85. The van der Waals surface area contributed by atoms with Crippen molar-refractivity contribution in [3.63, 3.8) is 0 Å². The minimum atomic E-state index is 0.0819. The first kappa shape index (κ1) is 15.3. The highest BCUT2D eigenvalue weighted by molar-refractivity contribution is 5.51. The van der Waals surface area contributed by atoms with E-state index in [4.69, 9.17) is 4.98 Å². The third kappa shape index (κ3) is 3.32. The van der Waals surface area contributed by atoms with Gasteiger partial charge in [-0.15, -0.1) is 0 Å². The number of aryl methyl sites for hydroxylation is 2. The number of aliphatic hydroxyl groups is 1. The summed E-state index contributed by atoms with van der Waals surface area (Å²) in [6.07, 6.45) is 3.77. The molecular formula is C17H28N2O. The first-order valence-corrected chi connectivity index (χ1v) is 7.85. The number of aliphatic hydroxyl groups excluding tert-OH is 1. The molecule has 0 spiro atoms. The van der Waals surface area contributed by atoms with Crippen LogP contribution in [-0.4, -0.2) is 23.2 Å². The van der Waals surface area contributed by atoms with E-state index < -0.39 is 0 Å². The number of pyridine rings is 1. The average Bonchev–Trinajstić information content (AvgIpc) is 2.63. The average molecular weight is 276 g/mol. The maximum absolute atomic E-state index is 9.66. The van der Waals surface area contributed by atoms with Crippen LogP contribution in [0.5, 0.6) is 0 Å². The van der Waals surface area contributed by atoms with Gasteiger partial charge < -0.3 is 10.0 Å². The maximum atomic E-state index is 9.66. The second-order valence-electron chi connectivity index (χ2n) is 6.46. The molecule has 1 N–H and O–H groups in total. The molecule has 20 heavy (non-hydrogen) atoms. The van der Waals surface area contributed by atoms with Crippen molar-refractivity contribution in [1.82, 2.24) is 4.98 Å². The van der Waals surface area contributed by atoms with Gasteiger partial charge in [-0.2, -0.15) is 0 Å². The number of hydrogen-bond donors (Lipinski definition) is 1. The summed E-state index contributed by atoms with van der Waals surface area (Å²) in [5.74, 6) is 2.59. The van der Waals surface area contributed by atoms with E-state index in [0.29, 0.717) is 0 Å². The van der Waals surface area contributed by atoms with E-state index in [-0.39, 0.29) is 6.61 Å². The summed E-state index contributed by atoms with van der Waals surface area (Å²) in [6, 6.07) is 2.06. The lowest BCUT2D eigenvalue weighted by atomic mass is 9.89. The Morgan fingerprint density at radius 2 is 2.05 bits per heavy atom. The van der Waals surface area contributed by atoms with E-state index in [1.165, 1.54) is 19.3 Å². The molecule has 0 radical (unpaired) electrons. The van der Waals surface area contributed by atoms with E-state index in [1.54, 1.807) is 0 Å². The molecule has 1 saturated heterocycles. The van der Waals surface area contributed by atoms with Crippen LogP contribution in [0.15, 0.2) is 6.07 Å². The molecule has 112 valence electrons. The molecule has 1 aromatic heterocycles. The second kappa shape index (κ2) is 6.57. The number of aromatic nitrogens is 1. The lowest BCUT2D eigenvalue weighted by Gasteiger charge is -2.25. The zero-order valence-corrected chi connectivity index (χ0v) is 13.3. The van der Waals surface area contributed by atoms with E-state index in [2.05, 4.69) is 31.7 Å². The highest BCUT2D eigenvalue weighted by Gasteiger charge is 2.22. The molecular weight excluding hydrogens is 248 g/mol. The highest BCUT2D eigenvalue weighted by atomic mass is 16.3. The molecule has 0 aromatic carbocycles. The second-order valence-corrected chi connectivity index (χ2v) is 6.46. The molecule has 1 aromatic rings. The van der Waals surface area contributed by atoms with Gasteiger partial charge in [-0.05, 0) is 56.6 Å². The lowest BCUT2D eigenvalue weighted by molar-refractivity contribution is 0.280. The Balaban J connectivity index is 2.23. The Morgan fingerprint density at radius 3 is 2.70 bits per heavy atom. The molecule has 1 unspecified atom stereocenters. The molecule has 2 rings (SSSR count). The smallest absolute Gasteiger partial charge is 0.134 e. The van der Waals surface area contributed by atoms with Crippen molar-refractivity contribution < 1.29 is 5.11 Å². The third-order valence-corrected chi connectivity index (χ3v) is 4.63. The van der Waals surface area contributed by atoms with Gasteiger partial charge in [0.2, 0.25) is 0 Å². The van der Waals surface area contributed by atoms with Gasteiger partial charge in [-0.25, -0.2) is 4.98 Å². The normalized spacial score (nSPS) is 20.3. The van der Waals surface area contributed by atoms with E-state index in [0.717, 1.165) is 47.6 Å². The summed E-state index contributed by atoms with van der Waals surface area (Å²) in [4.78, 5) is 7.09. The molecule has 1 fully saturated rings. The van der Waals surface area contributed by atoms with E-state index in [1.807, 2.05) is 6.92 Å². The van der Waals surface area contributed by atoms with Crippen LogP contribution in [0.2, 0.25) is 0 Å². The summed E-state index contributed by atoms with van der Waals surface area (Å²) < 4.78 is 0. The van der Waals surface area contributed by atoms with Gasteiger partial charge in [0, 0.05) is 24.3 Å². The van der Waals surface area contributed by atoms with Crippen LogP contribution >= 0.6 is 0 Å². The van der Waals surface area contributed by atoms with Gasteiger partial charge in [0.25, 0.3) is 0 Å². The molecule has 0 bridgehead atoms. The minimum absolute atomic E-state index is 0.0819. The monoisotopic (exact) mass is 276 g/mol. The fourth-order valence-electron chi connectivity index (χ4n) is 3.30. The summed E-state index contributed by atoms with van der Waals surface area (Å²) in [5, 5.41) is 9.66. The van der Waals surface area contributed by atoms with Gasteiger partial charge >= 0.3 is 0 Å². The van der Waals surface area contributed by atoms with Gasteiger partial charge in [-0.1, -0.05) is 13.8 Å². The predicted molar refractivity (Wildman–Crippen MR) is 84.0 cm³/mol. The van der Waals surface area contributed by atoms with Crippen molar-refractivity contribution in [3.05, 3.63) is 22.9 Å². The van der Waals surface area contributed by atoms with Crippen LogP contribution in [0.3, 0.4) is 0 Å². The van der Waals surface area contributed by atoms with Crippen molar-refractivity contribution in [3.8, 4) is 0 Å². The summed E-state index contributed by atoms with van der Waals surface area (Å²) in [7, 11) is 0. The first-order chi connectivity index (χ1) is 9.52. The van der Waals surface area contributed by atoms with Crippen LogP contribution in [0, 0.1) is 25.7 Å². The largest absolute Gasteiger partial charge is 0.392 e. The van der Waals surface area contributed by atoms with Crippen LogP contribution in [-0.2, 0) is 6.61 Å². The van der Waals surface area contributed by atoms with Crippen molar-refractivity contribution >= 4 is 5.82 Å². The van der Waals surface area contributed by atoms with Gasteiger partial charge in [-0.3, -0.25) is 0 Å². The Bertz CT molecular complexity index is 457. The molecule has 1 aliphatic rings. The Hall–Kier alpha value is -1.09. The van der Waals surface area contributed by atoms with Gasteiger partial charge in [0.05, 0.1) is 6.61 Å².